The first kappa shape index (κ1) is 23.4. The topological polar surface area (TPSA) is 67.8 Å². The van der Waals surface area contributed by atoms with Crippen molar-refractivity contribution >= 4 is 41.3 Å². The van der Waals surface area contributed by atoms with Gasteiger partial charge in [0.2, 0.25) is 0 Å². The summed E-state index contributed by atoms with van der Waals surface area (Å²) in [6, 6.07) is 0. The van der Waals surface area contributed by atoms with Gasteiger partial charge in [0, 0.05) is 38.1 Å². The first-order valence-electron chi connectivity index (χ1n) is 8.10. The molecule has 6 nitrogen and oxygen atoms in total. The standard InChI is InChI=1S/C15H23F3N4O2S.HI/c1-19-14(20-4-2-5-23-8-11-3-6-24-9-11)21-7-13-22-12(10-25-13)15(16,17)18;/h10-11H,2-9H2,1H3,(H2,19,20,21);1H. The minimum atomic E-state index is -4.40. The SMILES string of the molecule is CN=C(NCCCOCC1CCOC1)NCc1nc(C(F)(F)F)cs1.I. The van der Waals surface area contributed by atoms with Crippen LogP contribution in [-0.2, 0) is 22.2 Å². The monoisotopic (exact) mass is 508 g/mol. The maximum Gasteiger partial charge on any atom is 0.434 e. The lowest BCUT2D eigenvalue weighted by Gasteiger charge is -2.12. The molecule has 26 heavy (non-hydrogen) atoms. The fraction of sp³-hybridized carbons (Fsp3) is 0.733. The molecule has 0 amide bonds. The van der Waals surface area contributed by atoms with Gasteiger partial charge in [0.15, 0.2) is 11.7 Å². The van der Waals surface area contributed by atoms with Crippen LogP contribution in [0.25, 0.3) is 0 Å². The average molecular weight is 508 g/mol. The van der Waals surface area contributed by atoms with Crippen molar-refractivity contribution in [2.24, 2.45) is 10.9 Å². The average Bonchev–Trinajstić information content (AvgIpc) is 3.24. The van der Waals surface area contributed by atoms with E-state index in [-0.39, 0.29) is 30.5 Å². The smallest absolute Gasteiger partial charge is 0.381 e. The Kier molecular flexibility index (Phi) is 10.7. The zero-order valence-electron chi connectivity index (χ0n) is 14.5. The van der Waals surface area contributed by atoms with E-state index in [9.17, 15) is 13.2 Å². The minimum Gasteiger partial charge on any atom is -0.381 e. The fourth-order valence-corrected chi connectivity index (χ4v) is 2.99. The highest BCUT2D eigenvalue weighted by Gasteiger charge is 2.33. The second-order valence-electron chi connectivity index (χ2n) is 5.63. The molecule has 0 bridgehead atoms. The van der Waals surface area contributed by atoms with Gasteiger partial charge in [-0.2, -0.15) is 13.2 Å². The van der Waals surface area contributed by atoms with Gasteiger partial charge in [0.1, 0.15) is 5.01 Å². The lowest BCUT2D eigenvalue weighted by molar-refractivity contribution is -0.140. The normalized spacial score (nSPS) is 17.8. The largest absolute Gasteiger partial charge is 0.434 e. The van der Waals surface area contributed by atoms with Gasteiger partial charge in [0.25, 0.3) is 0 Å². The summed E-state index contributed by atoms with van der Waals surface area (Å²) in [5.41, 5.74) is -0.859. The molecule has 0 spiro atoms. The number of rotatable bonds is 8. The lowest BCUT2D eigenvalue weighted by Crippen LogP contribution is -2.37. The Balaban J connectivity index is 0.00000338. The molecule has 0 aromatic carbocycles. The van der Waals surface area contributed by atoms with Crippen molar-refractivity contribution in [3.05, 3.63) is 16.1 Å². The van der Waals surface area contributed by atoms with Crippen molar-refractivity contribution in [1.82, 2.24) is 15.6 Å². The maximum atomic E-state index is 12.5. The van der Waals surface area contributed by atoms with Crippen LogP contribution in [0.1, 0.15) is 23.5 Å². The third-order valence-corrected chi connectivity index (χ3v) is 4.46. The minimum absolute atomic E-state index is 0. The molecule has 1 aromatic heterocycles. The summed E-state index contributed by atoms with van der Waals surface area (Å²) in [6.45, 7) is 3.81. The Bertz CT molecular complexity index is 551. The molecule has 0 radical (unpaired) electrons. The number of hydrogen-bond acceptors (Lipinski definition) is 5. The molecular formula is C15H24F3IN4O2S. The summed E-state index contributed by atoms with van der Waals surface area (Å²) in [4.78, 5) is 7.60. The summed E-state index contributed by atoms with van der Waals surface area (Å²) in [5, 5.41) is 7.41. The predicted molar refractivity (Wildman–Crippen MR) is 105 cm³/mol. The highest BCUT2D eigenvalue weighted by molar-refractivity contribution is 14.0. The van der Waals surface area contributed by atoms with Crippen LogP contribution in [0.3, 0.4) is 0 Å². The van der Waals surface area contributed by atoms with Crippen molar-refractivity contribution in [3.8, 4) is 0 Å². The molecule has 1 aromatic rings. The second-order valence-corrected chi connectivity index (χ2v) is 6.58. The van der Waals surface area contributed by atoms with Gasteiger partial charge in [-0.3, -0.25) is 4.99 Å². The van der Waals surface area contributed by atoms with Gasteiger partial charge < -0.3 is 20.1 Å². The predicted octanol–water partition coefficient (Wildman–Crippen LogP) is 2.89. The van der Waals surface area contributed by atoms with E-state index in [2.05, 4.69) is 20.6 Å². The number of halogens is 4. The van der Waals surface area contributed by atoms with E-state index in [1.165, 1.54) is 0 Å². The number of nitrogens with one attached hydrogen (secondary N) is 2. The molecule has 1 saturated heterocycles. The molecule has 1 unspecified atom stereocenters. The first-order valence-corrected chi connectivity index (χ1v) is 8.98. The maximum absolute atomic E-state index is 12.5. The number of hydrogen-bond donors (Lipinski definition) is 2. The van der Waals surface area contributed by atoms with Crippen LogP contribution in [0.4, 0.5) is 13.2 Å². The molecule has 1 aliphatic rings. The van der Waals surface area contributed by atoms with Crippen molar-refractivity contribution in [2.45, 2.75) is 25.6 Å². The lowest BCUT2D eigenvalue weighted by atomic mass is 10.1. The molecule has 2 N–H and O–H groups in total. The Labute approximate surface area is 172 Å². The van der Waals surface area contributed by atoms with E-state index in [1.54, 1.807) is 7.05 Å². The first-order chi connectivity index (χ1) is 12.0. The molecule has 1 atom stereocenters. The number of aliphatic imine (C=N–C) groups is 1. The van der Waals surface area contributed by atoms with E-state index in [1.807, 2.05) is 0 Å². The van der Waals surface area contributed by atoms with Gasteiger partial charge in [-0.05, 0) is 12.8 Å². The number of nitrogens with zero attached hydrogens (tertiary/aromatic N) is 2. The van der Waals surface area contributed by atoms with Gasteiger partial charge in [-0.25, -0.2) is 4.98 Å². The summed E-state index contributed by atoms with van der Waals surface area (Å²) in [7, 11) is 1.61. The molecule has 1 aliphatic heterocycles. The highest BCUT2D eigenvalue weighted by Crippen LogP contribution is 2.29. The summed E-state index contributed by atoms with van der Waals surface area (Å²) >= 11 is 0.969. The van der Waals surface area contributed by atoms with Gasteiger partial charge >= 0.3 is 6.18 Å². The zero-order chi connectivity index (χ0) is 18.1. The Morgan fingerprint density at radius 1 is 1.46 bits per heavy atom. The molecule has 0 saturated carbocycles. The van der Waals surface area contributed by atoms with Crippen LogP contribution >= 0.6 is 35.3 Å². The quantitative estimate of drug-likeness (QED) is 0.245. The van der Waals surface area contributed by atoms with E-state index in [4.69, 9.17) is 9.47 Å². The summed E-state index contributed by atoms with van der Waals surface area (Å²) in [5.74, 6) is 1.02. The van der Waals surface area contributed by atoms with Crippen LogP contribution in [0, 0.1) is 5.92 Å². The van der Waals surface area contributed by atoms with Crippen molar-refractivity contribution in [1.29, 1.82) is 0 Å². The van der Waals surface area contributed by atoms with E-state index >= 15 is 0 Å². The van der Waals surface area contributed by atoms with Crippen LogP contribution in [0.2, 0.25) is 0 Å². The second kappa shape index (κ2) is 11.9. The number of aromatic nitrogens is 1. The van der Waals surface area contributed by atoms with Crippen LogP contribution in [0.5, 0.6) is 0 Å². The molecule has 150 valence electrons. The van der Waals surface area contributed by atoms with E-state index in [0.29, 0.717) is 30.0 Å². The zero-order valence-corrected chi connectivity index (χ0v) is 17.6. The number of ether oxygens (including phenoxy) is 2. The molecule has 2 rings (SSSR count). The number of alkyl halides is 3. The van der Waals surface area contributed by atoms with Crippen molar-refractivity contribution in [3.63, 3.8) is 0 Å². The van der Waals surface area contributed by atoms with Gasteiger partial charge in [-0.15, -0.1) is 35.3 Å². The number of guanidine groups is 1. The van der Waals surface area contributed by atoms with Crippen molar-refractivity contribution < 1.29 is 22.6 Å². The Morgan fingerprint density at radius 3 is 2.88 bits per heavy atom. The molecular weight excluding hydrogens is 484 g/mol. The fourth-order valence-electron chi connectivity index (χ4n) is 2.25. The molecule has 2 heterocycles. The van der Waals surface area contributed by atoms with Crippen LogP contribution < -0.4 is 10.6 Å². The Morgan fingerprint density at radius 2 is 2.27 bits per heavy atom. The molecule has 1 fully saturated rings. The third kappa shape index (κ3) is 8.35. The van der Waals surface area contributed by atoms with Gasteiger partial charge in [0.05, 0.1) is 19.8 Å². The number of thiazole rings is 1. The summed E-state index contributed by atoms with van der Waals surface area (Å²) < 4.78 is 48.4. The highest BCUT2D eigenvalue weighted by atomic mass is 127. The van der Waals surface area contributed by atoms with Crippen LogP contribution in [-0.4, -0.2) is 51.0 Å². The van der Waals surface area contributed by atoms with E-state index < -0.39 is 11.9 Å². The van der Waals surface area contributed by atoms with E-state index in [0.717, 1.165) is 49.4 Å². The van der Waals surface area contributed by atoms with Gasteiger partial charge in [-0.1, -0.05) is 0 Å². The molecule has 11 heteroatoms. The molecule has 0 aliphatic carbocycles. The van der Waals surface area contributed by atoms with Crippen LogP contribution in [0.15, 0.2) is 10.4 Å². The third-order valence-electron chi connectivity index (χ3n) is 3.61. The Hall–Kier alpha value is -0.660. The summed E-state index contributed by atoms with van der Waals surface area (Å²) in [6.07, 6.45) is -2.54. The van der Waals surface area contributed by atoms with Crippen molar-refractivity contribution in [2.75, 3.05) is 40.0 Å².